The summed E-state index contributed by atoms with van der Waals surface area (Å²) in [6.45, 7) is 6.09. The molecule has 4 rings (SSSR count). The number of methoxy groups -OCH3 is 1. The van der Waals surface area contributed by atoms with Crippen LogP contribution in [0.2, 0.25) is 10.0 Å². The second-order valence-electron chi connectivity index (χ2n) is 7.25. The molecule has 0 saturated heterocycles. The van der Waals surface area contributed by atoms with E-state index in [-0.39, 0.29) is 5.91 Å². The number of hydrogen-bond acceptors (Lipinski definition) is 3. The van der Waals surface area contributed by atoms with E-state index in [9.17, 15) is 4.79 Å². The summed E-state index contributed by atoms with van der Waals surface area (Å²) in [4.78, 5) is 19.7. The van der Waals surface area contributed by atoms with Crippen molar-refractivity contribution in [2.24, 2.45) is 4.99 Å². The molecular formula is C21H18Cl2N2O2. The molecule has 0 fully saturated rings. The van der Waals surface area contributed by atoms with Gasteiger partial charge in [0.2, 0.25) is 0 Å². The van der Waals surface area contributed by atoms with Crippen molar-refractivity contribution in [3.05, 3.63) is 57.6 Å². The van der Waals surface area contributed by atoms with Gasteiger partial charge in [-0.05, 0) is 56.7 Å². The van der Waals surface area contributed by atoms with Crippen LogP contribution in [0, 0.1) is 0 Å². The Balaban J connectivity index is 1.98. The van der Waals surface area contributed by atoms with E-state index in [0.29, 0.717) is 27.2 Å². The first kappa shape index (κ1) is 18.1. The number of carbonyl (C=O) groups excluding carboxylic acids is 1. The van der Waals surface area contributed by atoms with Crippen molar-refractivity contribution in [1.82, 2.24) is 0 Å². The van der Waals surface area contributed by atoms with Crippen molar-refractivity contribution in [3.63, 3.8) is 0 Å². The van der Waals surface area contributed by atoms with Crippen LogP contribution in [-0.4, -0.2) is 24.3 Å². The summed E-state index contributed by atoms with van der Waals surface area (Å²) >= 11 is 12.1. The molecule has 2 aliphatic heterocycles. The molecule has 6 heteroatoms. The fourth-order valence-electron chi connectivity index (χ4n) is 3.78. The Morgan fingerprint density at radius 2 is 1.78 bits per heavy atom. The van der Waals surface area contributed by atoms with E-state index in [1.54, 1.807) is 30.2 Å². The van der Waals surface area contributed by atoms with Crippen LogP contribution in [0.4, 0.5) is 11.4 Å². The molecule has 2 aliphatic rings. The fourth-order valence-corrected chi connectivity index (χ4v) is 4.08. The van der Waals surface area contributed by atoms with Crippen molar-refractivity contribution < 1.29 is 9.53 Å². The molecule has 2 aromatic rings. The molecule has 0 atom stereocenters. The van der Waals surface area contributed by atoms with Gasteiger partial charge in [-0.3, -0.25) is 9.69 Å². The highest BCUT2D eigenvalue weighted by Gasteiger charge is 2.45. The number of benzene rings is 2. The van der Waals surface area contributed by atoms with E-state index in [1.807, 2.05) is 32.9 Å². The third-order valence-corrected chi connectivity index (χ3v) is 5.66. The topological polar surface area (TPSA) is 41.9 Å². The number of rotatable bonds is 2. The van der Waals surface area contributed by atoms with Crippen molar-refractivity contribution >= 4 is 51.8 Å². The number of nitrogens with zero attached hydrogens (tertiary/aromatic N) is 2. The maximum atomic E-state index is 13.3. The lowest BCUT2D eigenvalue weighted by Gasteiger charge is -2.38. The molecule has 0 aliphatic carbocycles. The van der Waals surface area contributed by atoms with Gasteiger partial charge in [-0.1, -0.05) is 29.3 Å². The standard InChI is InChI=1S/C21H18Cl2N2O2/c1-11-10-21(2,3)25-19-14(11)8-13(27-4)9-15(19)18(20(25)26)24-12-5-6-16(22)17(23)7-12/h5-10H,1-4H3. The summed E-state index contributed by atoms with van der Waals surface area (Å²) in [6.07, 6.45) is 2.10. The molecule has 138 valence electrons. The highest BCUT2D eigenvalue weighted by atomic mass is 35.5. The molecule has 0 N–H and O–H groups in total. The third-order valence-electron chi connectivity index (χ3n) is 4.92. The smallest absolute Gasteiger partial charge is 0.278 e. The first-order chi connectivity index (χ1) is 12.7. The number of carbonyl (C=O) groups is 1. The maximum absolute atomic E-state index is 13.3. The van der Waals surface area contributed by atoms with Gasteiger partial charge in [0.15, 0.2) is 0 Å². The van der Waals surface area contributed by atoms with E-state index < -0.39 is 5.54 Å². The number of ether oxygens (including phenoxy) is 1. The van der Waals surface area contributed by atoms with Crippen LogP contribution in [0.15, 0.2) is 41.4 Å². The van der Waals surface area contributed by atoms with Gasteiger partial charge in [0.05, 0.1) is 34.1 Å². The molecule has 0 saturated carbocycles. The second kappa shape index (κ2) is 6.11. The van der Waals surface area contributed by atoms with E-state index >= 15 is 0 Å². The van der Waals surface area contributed by atoms with Crippen molar-refractivity contribution in [1.29, 1.82) is 0 Å². The number of anilines is 1. The van der Waals surface area contributed by atoms with Crippen LogP contribution in [0.1, 0.15) is 31.9 Å². The van der Waals surface area contributed by atoms with Crippen LogP contribution in [-0.2, 0) is 4.79 Å². The van der Waals surface area contributed by atoms with Gasteiger partial charge in [-0.2, -0.15) is 0 Å². The third kappa shape index (κ3) is 2.75. The average Bonchev–Trinajstić information content (AvgIpc) is 2.89. The molecule has 0 unspecified atom stereocenters. The van der Waals surface area contributed by atoms with E-state index in [4.69, 9.17) is 27.9 Å². The Kier molecular flexibility index (Phi) is 4.09. The number of hydrogen-bond donors (Lipinski definition) is 0. The molecule has 0 bridgehead atoms. The Morgan fingerprint density at radius 1 is 1.07 bits per heavy atom. The van der Waals surface area contributed by atoms with Crippen LogP contribution >= 0.6 is 23.2 Å². The summed E-state index contributed by atoms with van der Waals surface area (Å²) in [5.74, 6) is 0.548. The van der Waals surface area contributed by atoms with Crippen LogP contribution in [0.5, 0.6) is 5.75 Å². The minimum Gasteiger partial charge on any atom is -0.497 e. The van der Waals surface area contributed by atoms with Gasteiger partial charge < -0.3 is 4.74 Å². The van der Waals surface area contributed by atoms with E-state index in [0.717, 1.165) is 22.4 Å². The summed E-state index contributed by atoms with van der Waals surface area (Å²) in [6, 6.07) is 8.89. The molecule has 0 radical (unpaired) electrons. The largest absolute Gasteiger partial charge is 0.497 e. The van der Waals surface area contributed by atoms with Crippen LogP contribution in [0.3, 0.4) is 0 Å². The van der Waals surface area contributed by atoms with Gasteiger partial charge in [0.25, 0.3) is 5.91 Å². The van der Waals surface area contributed by atoms with Crippen molar-refractivity contribution in [3.8, 4) is 5.75 Å². The van der Waals surface area contributed by atoms with Crippen LogP contribution in [0.25, 0.3) is 5.57 Å². The minimum absolute atomic E-state index is 0.140. The van der Waals surface area contributed by atoms with Crippen molar-refractivity contribution in [2.75, 3.05) is 12.0 Å². The molecule has 1 amide bonds. The zero-order valence-corrected chi connectivity index (χ0v) is 16.9. The fraction of sp³-hybridized carbons (Fsp3) is 0.238. The monoisotopic (exact) mass is 400 g/mol. The molecule has 2 aromatic carbocycles. The van der Waals surface area contributed by atoms with Gasteiger partial charge in [-0.15, -0.1) is 0 Å². The number of halogens is 2. The average molecular weight is 401 g/mol. The number of allylic oxidation sites excluding steroid dienone is 1. The van der Waals surface area contributed by atoms with Crippen LogP contribution < -0.4 is 9.64 Å². The quantitative estimate of drug-likeness (QED) is 0.651. The first-order valence-electron chi connectivity index (χ1n) is 8.53. The second-order valence-corrected chi connectivity index (χ2v) is 8.07. The number of aliphatic imine (C=N–C) groups is 1. The lowest BCUT2D eigenvalue weighted by Crippen LogP contribution is -2.47. The predicted molar refractivity (Wildman–Crippen MR) is 111 cm³/mol. The molecule has 2 heterocycles. The first-order valence-corrected chi connectivity index (χ1v) is 9.29. The van der Waals surface area contributed by atoms with E-state index in [1.165, 1.54) is 0 Å². The molecular weight excluding hydrogens is 383 g/mol. The van der Waals surface area contributed by atoms with E-state index in [2.05, 4.69) is 11.1 Å². The lowest BCUT2D eigenvalue weighted by molar-refractivity contribution is -0.112. The lowest BCUT2D eigenvalue weighted by atomic mass is 9.89. The minimum atomic E-state index is -0.452. The highest BCUT2D eigenvalue weighted by molar-refractivity contribution is 6.55. The van der Waals surface area contributed by atoms with Gasteiger partial charge in [-0.25, -0.2) is 4.99 Å². The molecule has 0 spiro atoms. The summed E-state index contributed by atoms with van der Waals surface area (Å²) in [7, 11) is 1.62. The maximum Gasteiger partial charge on any atom is 0.278 e. The zero-order chi connectivity index (χ0) is 19.5. The Bertz CT molecular complexity index is 1050. The predicted octanol–water partition coefficient (Wildman–Crippen LogP) is 5.66. The molecule has 27 heavy (non-hydrogen) atoms. The molecule has 0 aromatic heterocycles. The Hall–Kier alpha value is -2.30. The van der Waals surface area contributed by atoms with Gasteiger partial charge in [0.1, 0.15) is 11.5 Å². The van der Waals surface area contributed by atoms with Gasteiger partial charge >= 0.3 is 0 Å². The molecule has 4 nitrogen and oxygen atoms in total. The Morgan fingerprint density at radius 3 is 2.44 bits per heavy atom. The SMILES string of the molecule is COc1cc2c3c(c1)C(=Nc1ccc(Cl)c(Cl)c1)C(=O)N3C(C)(C)C=C2C. The summed E-state index contributed by atoms with van der Waals surface area (Å²) < 4.78 is 5.46. The van der Waals surface area contributed by atoms with Crippen molar-refractivity contribution in [2.45, 2.75) is 26.3 Å². The summed E-state index contributed by atoms with van der Waals surface area (Å²) in [5, 5.41) is 0.845. The highest BCUT2D eigenvalue weighted by Crippen LogP contribution is 2.47. The summed E-state index contributed by atoms with van der Waals surface area (Å²) in [5.41, 5.74) is 4.23. The normalized spacial score (nSPS) is 18.6. The zero-order valence-electron chi connectivity index (χ0n) is 15.4. The van der Waals surface area contributed by atoms with Gasteiger partial charge in [0, 0.05) is 11.1 Å². The Labute approximate surface area is 168 Å². The number of amides is 1.